The summed E-state index contributed by atoms with van der Waals surface area (Å²) in [5.41, 5.74) is 0.915. The van der Waals surface area contributed by atoms with Crippen LogP contribution in [-0.2, 0) is 0 Å². The minimum Gasteiger partial charge on any atom is -0.310 e. The molecule has 1 aromatic carbocycles. The molecule has 4 saturated carbocycles. The van der Waals surface area contributed by atoms with E-state index in [1.54, 1.807) is 12.1 Å². The van der Waals surface area contributed by atoms with Crippen LogP contribution in [0.1, 0.15) is 55.8 Å². The summed E-state index contributed by atoms with van der Waals surface area (Å²) in [7, 11) is 0. The molecule has 2 nitrogen and oxygen atoms in total. The average molecular weight is 315 g/mol. The van der Waals surface area contributed by atoms with Gasteiger partial charge in [0.2, 0.25) is 0 Å². The first-order chi connectivity index (χ1) is 11.0. The number of benzene rings is 1. The lowest BCUT2D eigenvalue weighted by molar-refractivity contribution is -0.0206. The van der Waals surface area contributed by atoms with Gasteiger partial charge >= 0.3 is 0 Å². The van der Waals surface area contributed by atoms with Crippen LogP contribution in [-0.4, -0.2) is 17.9 Å². The molecule has 4 fully saturated rings. The lowest BCUT2D eigenvalue weighted by Crippen LogP contribution is -2.59. The fourth-order valence-corrected chi connectivity index (χ4v) is 5.69. The summed E-state index contributed by atoms with van der Waals surface area (Å²) >= 11 is 0. The number of Topliss-reactive ketones (excluding diaryl/α,β-unsaturated/α-hetero) is 1. The van der Waals surface area contributed by atoms with E-state index in [-0.39, 0.29) is 17.5 Å². The zero-order chi connectivity index (χ0) is 16.0. The Morgan fingerprint density at radius 3 is 2.17 bits per heavy atom. The first-order valence-electron chi connectivity index (χ1n) is 9.08. The summed E-state index contributed by atoms with van der Waals surface area (Å²) in [6.07, 6.45) is 8.21. The summed E-state index contributed by atoms with van der Waals surface area (Å²) < 4.78 is 13.0. The van der Waals surface area contributed by atoms with Crippen LogP contribution >= 0.6 is 0 Å². The number of hydrogen-bond donors (Lipinski definition) is 1. The topological polar surface area (TPSA) is 29.1 Å². The number of carbonyl (C=O) groups is 1. The molecule has 23 heavy (non-hydrogen) atoms. The van der Waals surface area contributed by atoms with E-state index in [4.69, 9.17) is 0 Å². The first-order valence-corrected chi connectivity index (χ1v) is 9.08. The molecule has 0 heterocycles. The lowest BCUT2D eigenvalue weighted by Gasteiger charge is -2.57. The van der Waals surface area contributed by atoms with Crippen molar-refractivity contribution < 1.29 is 9.18 Å². The molecular formula is C20H26FNO. The van der Waals surface area contributed by atoms with Crippen LogP contribution in [0.25, 0.3) is 0 Å². The van der Waals surface area contributed by atoms with E-state index in [0.717, 1.165) is 24.3 Å². The summed E-state index contributed by atoms with van der Waals surface area (Å²) in [4.78, 5) is 12.5. The second-order valence-electron chi connectivity index (χ2n) is 8.35. The van der Waals surface area contributed by atoms with Crippen molar-refractivity contribution in [3.8, 4) is 0 Å². The van der Waals surface area contributed by atoms with Gasteiger partial charge in [-0.1, -0.05) is 6.92 Å². The van der Waals surface area contributed by atoms with Gasteiger partial charge in [-0.05, 0) is 80.5 Å². The molecule has 0 spiro atoms. The summed E-state index contributed by atoms with van der Waals surface area (Å²) in [5.74, 6) is 2.50. The van der Waals surface area contributed by atoms with Gasteiger partial charge in [0.1, 0.15) is 5.82 Å². The highest BCUT2D eigenvalue weighted by atomic mass is 19.1. The second kappa shape index (κ2) is 5.70. The third-order valence-electron chi connectivity index (χ3n) is 6.40. The third kappa shape index (κ3) is 2.96. The molecule has 0 radical (unpaired) electrons. The van der Waals surface area contributed by atoms with Gasteiger partial charge in [-0.25, -0.2) is 4.39 Å². The number of hydrogen-bond acceptors (Lipinski definition) is 2. The highest BCUT2D eigenvalue weighted by Crippen LogP contribution is 2.55. The van der Waals surface area contributed by atoms with Crippen molar-refractivity contribution in [2.45, 2.75) is 51.0 Å². The lowest BCUT2D eigenvalue weighted by atomic mass is 9.53. The normalized spacial score (nSPS) is 36.2. The number of ketones is 1. The molecule has 0 aromatic heterocycles. The van der Waals surface area contributed by atoms with E-state index in [2.05, 4.69) is 5.32 Å². The molecule has 5 rings (SSSR count). The van der Waals surface area contributed by atoms with Crippen LogP contribution in [0.2, 0.25) is 0 Å². The van der Waals surface area contributed by atoms with E-state index in [0.29, 0.717) is 11.1 Å². The van der Waals surface area contributed by atoms with Gasteiger partial charge in [0.15, 0.2) is 5.78 Å². The van der Waals surface area contributed by atoms with Crippen LogP contribution in [0.3, 0.4) is 0 Å². The van der Waals surface area contributed by atoms with E-state index in [1.165, 1.54) is 50.7 Å². The predicted molar refractivity (Wildman–Crippen MR) is 88.8 cm³/mol. The molecule has 0 saturated heterocycles. The fourth-order valence-electron chi connectivity index (χ4n) is 5.69. The van der Waals surface area contributed by atoms with Gasteiger partial charge in [-0.15, -0.1) is 0 Å². The van der Waals surface area contributed by atoms with Crippen molar-refractivity contribution in [2.24, 2.45) is 23.7 Å². The van der Waals surface area contributed by atoms with E-state index < -0.39 is 0 Å². The highest BCUT2D eigenvalue weighted by molar-refractivity contribution is 5.97. The Balaban J connectivity index is 1.39. The Kier molecular flexibility index (Phi) is 3.79. The number of nitrogens with one attached hydrogen (secondary N) is 1. The van der Waals surface area contributed by atoms with Gasteiger partial charge in [-0.3, -0.25) is 4.79 Å². The Morgan fingerprint density at radius 2 is 1.65 bits per heavy atom. The summed E-state index contributed by atoms with van der Waals surface area (Å²) in [6, 6.07) is 5.93. The van der Waals surface area contributed by atoms with Crippen molar-refractivity contribution in [3.63, 3.8) is 0 Å². The zero-order valence-corrected chi connectivity index (χ0v) is 13.9. The van der Waals surface area contributed by atoms with Crippen LogP contribution in [0.4, 0.5) is 4.39 Å². The quantitative estimate of drug-likeness (QED) is 0.825. The standard InChI is InChI=1S/C20H26FNO/c1-13(19(23)17-2-4-18(21)5-3-17)12-22-20-9-14-6-15(10-20)8-16(7-14)11-20/h2-5,13-16,22H,6-12H2,1H3. The minimum atomic E-state index is -0.291. The Hall–Kier alpha value is -1.22. The van der Waals surface area contributed by atoms with Crippen molar-refractivity contribution in [2.75, 3.05) is 6.54 Å². The van der Waals surface area contributed by atoms with Crippen LogP contribution in [0, 0.1) is 29.5 Å². The van der Waals surface area contributed by atoms with Gasteiger partial charge in [0.05, 0.1) is 0 Å². The maximum atomic E-state index is 13.0. The molecule has 4 aliphatic carbocycles. The maximum absolute atomic E-state index is 13.0. The summed E-state index contributed by atoms with van der Waals surface area (Å²) in [5, 5.41) is 3.79. The molecule has 0 amide bonds. The van der Waals surface area contributed by atoms with Crippen LogP contribution in [0.5, 0.6) is 0 Å². The molecule has 1 aromatic rings. The molecule has 0 aliphatic heterocycles. The predicted octanol–water partition coefficient (Wildman–Crippen LogP) is 4.20. The average Bonchev–Trinajstić information content (AvgIpc) is 2.51. The first kappa shape index (κ1) is 15.3. The molecule has 4 aliphatic rings. The van der Waals surface area contributed by atoms with E-state index >= 15 is 0 Å². The van der Waals surface area contributed by atoms with Crippen molar-refractivity contribution in [3.05, 3.63) is 35.6 Å². The number of halogens is 1. The van der Waals surface area contributed by atoms with Gasteiger partial charge in [-0.2, -0.15) is 0 Å². The molecule has 1 unspecified atom stereocenters. The largest absolute Gasteiger partial charge is 0.310 e. The second-order valence-corrected chi connectivity index (χ2v) is 8.35. The number of rotatable bonds is 5. The molecule has 1 N–H and O–H groups in total. The van der Waals surface area contributed by atoms with Crippen molar-refractivity contribution >= 4 is 5.78 Å². The van der Waals surface area contributed by atoms with Crippen molar-refractivity contribution in [1.29, 1.82) is 0 Å². The minimum absolute atomic E-state index is 0.0616. The fraction of sp³-hybridized carbons (Fsp3) is 0.650. The molecular weight excluding hydrogens is 289 g/mol. The SMILES string of the molecule is CC(CNC12CC3CC(CC(C3)C1)C2)C(=O)c1ccc(F)cc1. The Labute approximate surface area is 137 Å². The molecule has 4 bridgehead atoms. The van der Waals surface area contributed by atoms with Gasteiger partial charge < -0.3 is 5.32 Å². The zero-order valence-electron chi connectivity index (χ0n) is 13.9. The van der Waals surface area contributed by atoms with Crippen LogP contribution < -0.4 is 5.32 Å². The highest BCUT2D eigenvalue weighted by Gasteiger charge is 2.50. The smallest absolute Gasteiger partial charge is 0.166 e. The van der Waals surface area contributed by atoms with E-state index in [1.807, 2.05) is 6.92 Å². The monoisotopic (exact) mass is 315 g/mol. The van der Waals surface area contributed by atoms with E-state index in [9.17, 15) is 9.18 Å². The van der Waals surface area contributed by atoms with Crippen molar-refractivity contribution in [1.82, 2.24) is 5.32 Å². The molecule has 124 valence electrons. The van der Waals surface area contributed by atoms with Gasteiger partial charge in [0.25, 0.3) is 0 Å². The van der Waals surface area contributed by atoms with Crippen LogP contribution in [0.15, 0.2) is 24.3 Å². The Morgan fingerprint density at radius 1 is 1.13 bits per heavy atom. The third-order valence-corrected chi connectivity index (χ3v) is 6.40. The van der Waals surface area contributed by atoms with Gasteiger partial charge in [0, 0.05) is 23.6 Å². The summed E-state index contributed by atoms with van der Waals surface area (Å²) in [6.45, 7) is 2.72. The molecule has 3 heteroatoms. The number of carbonyl (C=O) groups excluding carboxylic acids is 1. The Bertz CT molecular complexity index is 559. The maximum Gasteiger partial charge on any atom is 0.166 e. The molecule has 1 atom stereocenters.